The van der Waals surface area contributed by atoms with Crippen LogP contribution in [0.1, 0.15) is 44.1 Å². The number of nitrogens with two attached hydrogens (primary N) is 1. The normalized spacial score (nSPS) is 19.4. The van der Waals surface area contributed by atoms with Gasteiger partial charge in [-0.2, -0.15) is 0 Å². The van der Waals surface area contributed by atoms with Crippen LogP contribution in [-0.4, -0.2) is 19.0 Å². The fourth-order valence-electron chi connectivity index (χ4n) is 3.41. The van der Waals surface area contributed by atoms with Gasteiger partial charge in [-0.1, -0.05) is 19.3 Å². The molecular formula is C16H23N3O. The zero-order chi connectivity index (χ0) is 14.1. The molecule has 1 amide bonds. The number of benzene rings is 1. The molecular weight excluding hydrogens is 250 g/mol. The summed E-state index contributed by atoms with van der Waals surface area (Å²) in [4.78, 5) is 13.8. The van der Waals surface area contributed by atoms with Crippen molar-refractivity contribution >= 4 is 23.0 Å². The fraction of sp³-hybridized carbons (Fsp3) is 0.562. The highest BCUT2D eigenvalue weighted by atomic mass is 16.1. The minimum atomic E-state index is 0.105. The van der Waals surface area contributed by atoms with Gasteiger partial charge in [0.1, 0.15) is 0 Å². The van der Waals surface area contributed by atoms with Gasteiger partial charge in [-0.15, -0.1) is 0 Å². The van der Waals surface area contributed by atoms with Crippen molar-refractivity contribution in [1.29, 1.82) is 0 Å². The lowest BCUT2D eigenvalue weighted by atomic mass is 9.93. The highest BCUT2D eigenvalue weighted by Crippen LogP contribution is 2.35. The number of fused-ring (bicyclic) bond motifs is 1. The molecule has 0 unspecified atom stereocenters. The molecule has 1 aliphatic carbocycles. The van der Waals surface area contributed by atoms with Crippen molar-refractivity contribution in [2.24, 2.45) is 0 Å². The van der Waals surface area contributed by atoms with Crippen molar-refractivity contribution in [2.75, 3.05) is 23.0 Å². The van der Waals surface area contributed by atoms with E-state index in [-0.39, 0.29) is 5.91 Å². The number of nitrogens with one attached hydrogen (secondary N) is 1. The number of carbonyl (C=O) groups is 1. The summed E-state index contributed by atoms with van der Waals surface area (Å²) in [6.07, 6.45) is 7.77. The molecule has 1 aromatic rings. The molecule has 2 aliphatic rings. The van der Waals surface area contributed by atoms with Crippen LogP contribution >= 0.6 is 0 Å². The van der Waals surface area contributed by atoms with E-state index in [1.165, 1.54) is 32.1 Å². The predicted molar refractivity (Wildman–Crippen MR) is 83.1 cm³/mol. The van der Waals surface area contributed by atoms with Gasteiger partial charge in [0.2, 0.25) is 5.91 Å². The Morgan fingerprint density at radius 1 is 1.20 bits per heavy atom. The molecule has 3 N–H and O–H groups in total. The summed E-state index contributed by atoms with van der Waals surface area (Å²) in [6.45, 7) is 0. The minimum Gasteiger partial charge on any atom is -0.397 e. The number of anilines is 3. The lowest BCUT2D eigenvalue weighted by Gasteiger charge is -2.34. The maximum atomic E-state index is 11.5. The Bertz CT molecular complexity index is 521. The van der Waals surface area contributed by atoms with Crippen LogP contribution in [0.4, 0.5) is 17.1 Å². The standard InChI is InChI=1S/C16H23N3O/c1-19(12-5-3-2-4-6-12)15-10-14-11(9-13(15)17)7-8-16(20)18-14/h9-10,12H,2-8,17H2,1H3,(H,18,20). The molecule has 1 saturated carbocycles. The van der Waals surface area contributed by atoms with E-state index in [2.05, 4.69) is 23.3 Å². The number of amides is 1. The maximum Gasteiger partial charge on any atom is 0.224 e. The Morgan fingerprint density at radius 2 is 1.95 bits per heavy atom. The van der Waals surface area contributed by atoms with E-state index in [4.69, 9.17) is 5.73 Å². The van der Waals surface area contributed by atoms with Crippen molar-refractivity contribution in [3.05, 3.63) is 17.7 Å². The molecule has 3 rings (SSSR count). The van der Waals surface area contributed by atoms with Gasteiger partial charge in [0, 0.05) is 25.2 Å². The lowest BCUT2D eigenvalue weighted by molar-refractivity contribution is -0.116. The van der Waals surface area contributed by atoms with Gasteiger partial charge in [-0.05, 0) is 37.0 Å². The number of aryl methyl sites for hydroxylation is 1. The van der Waals surface area contributed by atoms with E-state index in [0.717, 1.165) is 29.0 Å². The number of hydrogen-bond donors (Lipinski definition) is 2. The van der Waals surface area contributed by atoms with Gasteiger partial charge < -0.3 is 16.0 Å². The second-order valence-corrected chi connectivity index (χ2v) is 6.02. The van der Waals surface area contributed by atoms with Crippen LogP contribution < -0.4 is 16.0 Å². The molecule has 4 heteroatoms. The summed E-state index contributed by atoms with van der Waals surface area (Å²) in [5.41, 5.74) is 10.2. The first-order chi connectivity index (χ1) is 9.65. The van der Waals surface area contributed by atoms with E-state index in [9.17, 15) is 4.79 Å². The molecule has 1 aliphatic heterocycles. The average molecular weight is 273 g/mol. The molecule has 0 atom stereocenters. The van der Waals surface area contributed by atoms with Crippen LogP contribution in [0.3, 0.4) is 0 Å². The number of nitrogens with zero attached hydrogens (tertiary/aromatic N) is 1. The number of rotatable bonds is 2. The third-order valence-corrected chi connectivity index (χ3v) is 4.65. The fourth-order valence-corrected chi connectivity index (χ4v) is 3.41. The number of hydrogen-bond acceptors (Lipinski definition) is 3. The van der Waals surface area contributed by atoms with Crippen LogP contribution in [0.25, 0.3) is 0 Å². The van der Waals surface area contributed by atoms with Crippen molar-refractivity contribution in [2.45, 2.75) is 51.0 Å². The van der Waals surface area contributed by atoms with E-state index < -0.39 is 0 Å². The first-order valence-electron chi connectivity index (χ1n) is 7.60. The highest BCUT2D eigenvalue weighted by Gasteiger charge is 2.22. The largest absolute Gasteiger partial charge is 0.397 e. The molecule has 1 fully saturated rings. The zero-order valence-electron chi connectivity index (χ0n) is 12.1. The van der Waals surface area contributed by atoms with Gasteiger partial charge in [0.25, 0.3) is 0 Å². The Morgan fingerprint density at radius 3 is 2.70 bits per heavy atom. The first-order valence-corrected chi connectivity index (χ1v) is 7.60. The molecule has 0 radical (unpaired) electrons. The van der Waals surface area contributed by atoms with Gasteiger partial charge in [0.05, 0.1) is 11.4 Å². The van der Waals surface area contributed by atoms with Crippen LogP contribution in [0, 0.1) is 0 Å². The molecule has 0 saturated heterocycles. The number of carbonyl (C=O) groups excluding carboxylic acids is 1. The Labute approximate surface area is 120 Å². The molecule has 4 nitrogen and oxygen atoms in total. The Balaban J connectivity index is 1.88. The van der Waals surface area contributed by atoms with Gasteiger partial charge in [0.15, 0.2) is 0 Å². The summed E-state index contributed by atoms with van der Waals surface area (Å²) >= 11 is 0. The summed E-state index contributed by atoms with van der Waals surface area (Å²) in [6, 6.07) is 4.66. The monoisotopic (exact) mass is 273 g/mol. The van der Waals surface area contributed by atoms with Gasteiger partial charge in [-0.3, -0.25) is 4.79 Å². The Kier molecular flexibility index (Phi) is 3.55. The van der Waals surface area contributed by atoms with Crippen LogP contribution in [-0.2, 0) is 11.2 Å². The quantitative estimate of drug-likeness (QED) is 0.815. The van der Waals surface area contributed by atoms with Crippen LogP contribution in [0.15, 0.2) is 12.1 Å². The van der Waals surface area contributed by atoms with Crippen LogP contribution in [0.5, 0.6) is 0 Å². The third-order valence-electron chi connectivity index (χ3n) is 4.65. The van der Waals surface area contributed by atoms with Gasteiger partial charge >= 0.3 is 0 Å². The van der Waals surface area contributed by atoms with Crippen molar-refractivity contribution in [3.63, 3.8) is 0 Å². The molecule has 0 aromatic heterocycles. The van der Waals surface area contributed by atoms with E-state index in [0.29, 0.717) is 12.5 Å². The second-order valence-electron chi connectivity index (χ2n) is 6.02. The van der Waals surface area contributed by atoms with E-state index in [1.807, 2.05) is 6.07 Å². The van der Waals surface area contributed by atoms with Crippen molar-refractivity contribution < 1.29 is 4.79 Å². The molecule has 108 valence electrons. The van der Waals surface area contributed by atoms with E-state index >= 15 is 0 Å². The average Bonchev–Trinajstić information content (AvgIpc) is 2.47. The lowest BCUT2D eigenvalue weighted by Crippen LogP contribution is -2.34. The molecule has 0 spiro atoms. The summed E-state index contributed by atoms with van der Waals surface area (Å²) in [7, 11) is 2.12. The molecule has 20 heavy (non-hydrogen) atoms. The molecule has 1 aromatic carbocycles. The van der Waals surface area contributed by atoms with E-state index in [1.54, 1.807) is 0 Å². The Hall–Kier alpha value is -1.71. The SMILES string of the molecule is CN(c1cc2c(cc1N)CCC(=O)N2)C1CCCCC1. The topological polar surface area (TPSA) is 58.4 Å². The third kappa shape index (κ3) is 2.47. The maximum absolute atomic E-state index is 11.5. The van der Waals surface area contributed by atoms with Crippen molar-refractivity contribution in [3.8, 4) is 0 Å². The second kappa shape index (κ2) is 5.35. The molecule has 1 heterocycles. The summed E-state index contributed by atoms with van der Waals surface area (Å²) in [5.74, 6) is 0.105. The smallest absolute Gasteiger partial charge is 0.224 e. The highest BCUT2D eigenvalue weighted by molar-refractivity contribution is 5.95. The number of nitrogen functional groups attached to an aromatic ring is 1. The van der Waals surface area contributed by atoms with Crippen molar-refractivity contribution in [1.82, 2.24) is 0 Å². The zero-order valence-corrected chi connectivity index (χ0v) is 12.1. The predicted octanol–water partition coefficient (Wildman–Crippen LogP) is 2.92. The molecule has 0 bridgehead atoms. The summed E-state index contributed by atoms with van der Waals surface area (Å²) < 4.78 is 0. The minimum absolute atomic E-state index is 0.105. The van der Waals surface area contributed by atoms with Crippen LogP contribution in [0.2, 0.25) is 0 Å². The van der Waals surface area contributed by atoms with Gasteiger partial charge in [-0.25, -0.2) is 0 Å². The first kappa shape index (κ1) is 13.3. The summed E-state index contributed by atoms with van der Waals surface area (Å²) in [5, 5.41) is 2.96.